The van der Waals surface area contributed by atoms with Crippen molar-refractivity contribution in [2.45, 2.75) is 13.8 Å². The summed E-state index contributed by atoms with van der Waals surface area (Å²) in [6.45, 7) is 5.97. The highest BCUT2D eigenvalue weighted by Crippen LogP contribution is 2.29. The Morgan fingerprint density at radius 1 is 1.14 bits per heavy atom. The molecule has 1 aromatic carbocycles. The molecule has 0 radical (unpaired) electrons. The van der Waals surface area contributed by atoms with Crippen LogP contribution in [0, 0.1) is 0 Å². The average Bonchev–Trinajstić information content (AvgIpc) is 3.15. The molecule has 0 aliphatic carbocycles. The maximum atomic E-state index is 12.6. The molecule has 3 rings (SSSR count). The van der Waals surface area contributed by atoms with E-state index in [9.17, 15) is 14.4 Å². The molecule has 2 amide bonds. The monoisotopic (exact) mass is 463 g/mol. The van der Waals surface area contributed by atoms with Gasteiger partial charge in [-0.3, -0.25) is 9.59 Å². The molecule has 8 nitrogen and oxygen atoms in total. The van der Waals surface area contributed by atoms with Crippen molar-refractivity contribution in [2.75, 3.05) is 43.0 Å². The van der Waals surface area contributed by atoms with E-state index in [0.29, 0.717) is 42.1 Å². The highest BCUT2D eigenvalue weighted by atomic mass is 79.9. The minimum absolute atomic E-state index is 0.0410. The van der Waals surface area contributed by atoms with Gasteiger partial charge in [0.1, 0.15) is 0 Å². The van der Waals surface area contributed by atoms with Gasteiger partial charge in [0.15, 0.2) is 10.4 Å². The zero-order valence-corrected chi connectivity index (χ0v) is 17.8. The lowest BCUT2D eigenvalue weighted by Crippen LogP contribution is -2.48. The Hall–Kier alpha value is -2.81. The van der Waals surface area contributed by atoms with Gasteiger partial charge in [0.25, 0.3) is 5.91 Å². The maximum absolute atomic E-state index is 12.6. The summed E-state index contributed by atoms with van der Waals surface area (Å²) in [6.07, 6.45) is 0. The van der Waals surface area contributed by atoms with Gasteiger partial charge in [0.05, 0.1) is 23.5 Å². The van der Waals surface area contributed by atoms with Gasteiger partial charge in [-0.25, -0.2) is 4.79 Å². The molecule has 0 bridgehead atoms. The smallest absolute Gasteiger partial charge is 0.338 e. The minimum atomic E-state index is -0.461. The van der Waals surface area contributed by atoms with Crippen molar-refractivity contribution in [3.63, 3.8) is 0 Å². The molecule has 1 aliphatic rings. The predicted molar refractivity (Wildman–Crippen MR) is 111 cm³/mol. The molecule has 1 fully saturated rings. The number of carbonyl (C=O) groups excluding carboxylic acids is 3. The molecule has 0 spiro atoms. The lowest BCUT2D eigenvalue weighted by molar-refractivity contribution is -0.129. The van der Waals surface area contributed by atoms with E-state index >= 15 is 0 Å². The minimum Gasteiger partial charge on any atom is -0.462 e. The lowest BCUT2D eigenvalue weighted by Gasteiger charge is -2.36. The first-order valence-electron chi connectivity index (χ1n) is 9.27. The summed E-state index contributed by atoms with van der Waals surface area (Å²) in [6, 6.07) is 8.24. The highest BCUT2D eigenvalue weighted by molar-refractivity contribution is 9.10. The van der Waals surface area contributed by atoms with E-state index in [1.54, 1.807) is 49.1 Å². The molecule has 1 N–H and O–H groups in total. The van der Waals surface area contributed by atoms with E-state index in [4.69, 9.17) is 9.15 Å². The van der Waals surface area contributed by atoms with E-state index in [-0.39, 0.29) is 18.3 Å². The van der Waals surface area contributed by atoms with Crippen molar-refractivity contribution in [1.29, 1.82) is 0 Å². The number of nitrogens with one attached hydrogen (secondary N) is 1. The van der Waals surface area contributed by atoms with Crippen LogP contribution in [0.1, 0.15) is 34.8 Å². The Balaban J connectivity index is 1.87. The molecule has 0 atom stereocenters. The zero-order valence-electron chi connectivity index (χ0n) is 16.2. The maximum Gasteiger partial charge on any atom is 0.338 e. The predicted octanol–water partition coefficient (Wildman–Crippen LogP) is 3.14. The number of carbonyl (C=O) groups is 3. The number of rotatable bonds is 5. The molecule has 1 aromatic heterocycles. The fraction of sp³-hybridized carbons (Fsp3) is 0.350. The topological polar surface area (TPSA) is 92.1 Å². The second-order valence-corrected chi connectivity index (χ2v) is 7.28. The molecule has 1 saturated heterocycles. The fourth-order valence-electron chi connectivity index (χ4n) is 3.14. The van der Waals surface area contributed by atoms with Gasteiger partial charge in [-0.05, 0) is 53.2 Å². The van der Waals surface area contributed by atoms with E-state index in [2.05, 4.69) is 26.1 Å². The number of esters is 1. The van der Waals surface area contributed by atoms with Crippen molar-refractivity contribution in [3.8, 4) is 0 Å². The van der Waals surface area contributed by atoms with Crippen LogP contribution in [-0.4, -0.2) is 55.5 Å². The zero-order chi connectivity index (χ0) is 21.0. The van der Waals surface area contributed by atoms with Crippen molar-refractivity contribution < 1.29 is 23.5 Å². The summed E-state index contributed by atoms with van der Waals surface area (Å²) >= 11 is 3.18. The van der Waals surface area contributed by atoms with Crippen LogP contribution in [0.25, 0.3) is 0 Å². The van der Waals surface area contributed by atoms with Crippen LogP contribution in [0.2, 0.25) is 0 Å². The molecular formula is C20H22BrN3O5. The van der Waals surface area contributed by atoms with Gasteiger partial charge < -0.3 is 24.3 Å². The molecule has 9 heteroatoms. The number of furan rings is 1. The van der Waals surface area contributed by atoms with E-state index in [0.717, 1.165) is 5.69 Å². The summed E-state index contributed by atoms with van der Waals surface area (Å²) in [5, 5.41) is 2.83. The van der Waals surface area contributed by atoms with Crippen LogP contribution >= 0.6 is 15.9 Å². The first kappa shape index (κ1) is 20.9. The average molecular weight is 464 g/mol. The number of nitrogens with zero attached hydrogens (tertiary/aromatic N) is 2. The number of hydrogen-bond acceptors (Lipinski definition) is 6. The number of amides is 2. The van der Waals surface area contributed by atoms with E-state index in [1.807, 2.05) is 0 Å². The molecule has 0 saturated carbocycles. The number of hydrogen-bond donors (Lipinski definition) is 1. The SMILES string of the molecule is CCOC(=O)c1ccc(N2CCN(C(C)=O)CC2)c(NC(=O)c2ccc(Br)o2)c1. The Bertz CT molecular complexity index is 919. The van der Waals surface area contributed by atoms with Crippen LogP contribution < -0.4 is 10.2 Å². The van der Waals surface area contributed by atoms with E-state index < -0.39 is 11.9 Å². The van der Waals surface area contributed by atoms with Crippen molar-refractivity contribution >= 4 is 45.1 Å². The van der Waals surface area contributed by atoms with Crippen LogP contribution in [-0.2, 0) is 9.53 Å². The lowest BCUT2D eigenvalue weighted by atomic mass is 10.1. The Kier molecular flexibility index (Phi) is 6.58. The summed E-state index contributed by atoms with van der Waals surface area (Å²) in [5.74, 6) is -0.706. The number of halogens is 1. The van der Waals surface area contributed by atoms with Gasteiger partial charge in [-0.15, -0.1) is 0 Å². The summed E-state index contributed by atoms with van der Waals surface area (Å²) in [4.78, 5) is 40.2. The quantitative estimate of drug-likeness (QED) is 0.684. The fourth-order valence-corrected chi connectivity index (χ4v) is 3.44. The Morgan fingerprint density at radius 3 is 2.45 bits per heavy atom. The number of piperazine rings is 1. The van der Waals surface area contributed by atoms with Crippen molar-refractivity contribution in [3.05, 3.63) is 46.3 Å². The van der Waals surface area contributed by atoms with Gasteiger partial charge in [-0.1, -0.05) is 0 Å². The van der Waals surface area contributed by atoms with Crippen molar-refractivity contribution in [2.24, 2.45) is 0 Å². The van der Waals surface area contributed by atoms with Gasteiger partial charge in [0, 0.05) is 33.1 Å². The van der Waals surface area contributed by atoms with Gasteiger partial charge in [0.2, 0.25) is 5.91 Å². The van der Waals surface area contributed by atoms with Gasteiger partial charge >= 0.3 is 5.97 Å². The molecule has 154 valence electrons. The standard InChI is InChI=1S/C20H22BrN3O5/c1-3-28-20(27)14-4-5-16(24-10-8-23(9-11-24)13(2)25)15(12-14)22-19(26)17-6-7-18(21)29-17/h4-7,12H,3,8-11H2,1-2H3,(H,22,26). The second kappa shape index (κ2) is 9.13. The molecule has 2 heterocycles. The van der Waals surface area contributed by atoms with E-state index in [1.165, 1.54) is 0 Å². The van der Waals surface area contributed by atoms with Crippen LogP contribution in [0.3, 0.4) is 0 Å². The third kappa shape index (κ3) is 4.97. The third-order valence-corrected chi connectivity index (χ3v) is 5.04. The van der Waals surface area contributed by atoms with Crippen LogP contribution in [0.5, 0.6) is 0 Å². The normalized spacial score (nSPS) is 13.9. The van der Waals surface area contributed by atoms with Gasteiger partial charge in [-0.2, -0.15) is 0 Å². The summed E-state index contributed by atoms with van der Waals surface area (Å²) < 4.78 is 10.8. The number of benzene rings is 1. The largest absolute Gasteiger partial charge is 0.462 e. The summed E-state index contributed by atoms with van der Waals surface area (Å²) in [7, 11) is 0. The van der Waals surface area contributed by atoms with Crippen LogP contribution in [0.15, 0.2) is 39.4 Å². The Labute approximate surface area is 176 Å². The molecular weight excluding hydrogens is 442 g/mol. The molecule has 2 aromatic rings. The highest BCUT2D eigenvalue weighted by Gasteiger charge is 2.23. The Morgan fingerprint density at radius 2 is 1.86 bits per heavy atom. The van der Waals surface area contributed by atoms with Crippen LogP contribution in [0.4, 0.5) is 11.4 Å². The van der Waals surface area contributed by atoms with Crippen molar-refractivity contribution in [1.82, 2.24) is 4.90 Å². The summed E-state index contributed by atoms with van der Waals surface area (Å²) in [5.41, 5.74) is 1.58. The number of anilines is 2. The third-order valence-electron chi connectivity index (χ3n) is 4.62. The molecule has 0 unspecified atom stereocenters. The molecule has 29 heavy (non-hydrogen) atoms. The molecule has 1 aliphatic heterocycles. The first-order valence-corrected chi connectivity index (χ1v) is 10.1. The second-order valence-electron chi connectivity index (χ2n) is 6.50. The number of ether oxygens (including phenoxy) is 1. The first-order chi connectivity index (χ1) is 13.9.